The van der Waals surface area contributed by atoms with E-state index in [2.05, 4.69) is 10.3 Å². The number of aromatic nitrogens is 3. The highest BCUT2D eigenvalue weighted by Crippen LogP contribution is 2.14. The zero-order valence-electron chi connectivity index (χ0n) is 11.3. The molecule has 0 aliphatic carbocycles. The van der Waals surface area contributed by atoms with Gasteiger partial charge in [-0.1, -0.05) is 17.3 Å². The van der Waals surface area contributed by atoms with Gasteiger partial charge in [0.1, 0.15) is 11.6 Å². The number of hydrogen-bond donors (Lipinski definition) is 0. The van der Waals surface area contributed by atoms with E-state index in [1.54, 1.807) is 36.1 Å². The summed E-state index contributed by atoms with van der Waals surface area (Å²) in [6.45, 7) is 3.23. The Balaban J connectivity index is 1.99. The molecule has 0 bridgehead atoms. The van der Waals surface area contributed by atoms with Gasteiger partial charge in [0.05, 0.1) is 5.39 Å². The maximum atomic E-state index is 12.4. The maximum Gasteiger partial charge on any atom is 0.278 e. The zero-order valence-corrected chi connectivity index (χ0v) is 11.3. The average Bonchev–Trinajstić information content (AvgIpc) is 3.01. The van der Waals surface area contributed by atoms with Gasteiger partial charge in [0.2, 0.25) is 5.91 Å². The Labute approximate surface area is 116 Å². The number of rotatable bonds is 2. The minimum absolute atomic E-state index is 0.0609. The van der Waals surface area contributed by atoms with Crippen LogP contribution < -0.4 is 5.56 Å². The van der Waals surface area contributed by atoms with Gasteiger partial charge < -0.3 is 4.90 Å². The first-order valence-corrected chi connectivity index (χ1v) is 6.81. The van der Waals surface area contributed by atoms with Crippen molar-refractivity contribution in [2.45, 2.75) is 25.8 Å². The Morgan fingerprint density at radius 3 is 2.70 bits per heavy atom. The van der Waals surface area contributed by atoms with Gasteiger partial charge >= 0.3 is 0 Å². The summed E-state index contributed by atoms with van der Waals surface area (Å²) in [6, 6.07) is 6.41. The average molecular weight is 272 g/mol. The van der Waals surface area contributed by atoms with E-state index in [1.807, 2.05) is 0 Å². The monoisotopic (exact) mass is 272 g/mol. The molecule has 0 saturated carbocycles. The third kappa shape index (κ3) is 2.07. The van der Waals surface area contributed by atoms with Crippen molar-refractivity contribution in [3.63, 3.8) is 0 Å². The lowest BCUT2D eigenvalue weighted by molar-refractivity contribution is -0.133. The van der Waals surface area contributed by atoms with E-state index in [-0.39, 0.29) is 11.5 Å². The van der Waals surface area contributed by atoms with Gasteiger partial charge in [-0.2, -0.15) is 4.68 Å². The molecule has 6 heteroatoms. The minimum Gasteiger partial charge on any atom is -0.341 e. The molecule has 1 fully saturated rings. The molecule has 1 amide bonds. The number of fused-ring (bicyclic) bond motifs is 1. The third-order valence-corrected chi connectivity index (χ3v) is 3.73. The molecular weight excluding hydrogens is 256 g/mol. The van der Waals surface area contributed by atoms with Crippen molar-refractivity contribution in [1.29, 1.82) is 0 Å². The smallest absolute Gasteiger partial charge is 0.278 e. The summed E-state index contributed by atoms with van der Waals surface area (Å²) in [5.74, 6) is -0.0609. The van der Waals surface area contributed by atoms with Crippen LogP contribution >= 0.6 is 0 Å². The molecule has 1 atom stereocenters. The molecule has 1 aromatic heterocycles. The number of nitrogens with zero attached hydrogens (tertiary/aromatic N) is 4. The Bertz CT molecular complexity index is 704. The summed E-state index contributed by atoms with van der Waals surface area (Å²) in [5.41, 5.74) is 0.283. The summed E-state index contributed by atoms with van der Waals surface area (Å²) in [6.07, 6.45) is 2.05. The van der Waals surface area contributed by atoms with Gasteiger partial charge in [0, 0.05) is 13.1 Å². The number of amides is 1. The van der Waals surface area contributed by atoms with Crippen LogP contribution in [0, 0.1) is 0 Å². The molecule has 2 heterocycles. The fraction of sp³-hybridized carbons (Fsp3) is 0.429. The van der Waals surface area contributed by atoms with Crippen molar-refractivity contribution in [2.24, 2.45) is 0 Å². The highest BCUT2D eigenvalue weighted by Gasteiger charge is 2.26. The number of carbonyl (C=O) groups excluding carboxylic acids is 1. The molecule has 1 aromatic carbocycles. The van der Waals surface area contributed by atoms with Gasteiger partial charge in [-0.3, -0.25) is 9.59 Å². The SMILES string of the molecule is CC(C(=O)N1CCCC1)n1nnc2ccccc2c1=O. The Morgan fingerprint density at radius 1 is 1.25 bits per heavy atom. The molecule has 1 aliphatic heterocycles. The van der Waals surface area contributed by atoms with Gasteiger partial charge in [-0.25, -0.2) is 0 Å². The normalized spacial score (nSPS) is 16.6. The topological polar surface area (TPSA) is 68.1 Å². The molecule has 2 aromatic rings. The van der Waals surface area contributed by atoms with Gasteiger partial charge in [0.25, 0.3) is 5.56 Å². The summed E-state index contributed by atoms with van der Waals surface area (Å²) in [4.78, 5) is 26.5. The van der Waals surface area contributed by atoms with Crippen LogP contribution in [-0.2, 0) is 4.79 Å². The molecular formula is C14H16N4O2. The highest BCUT2D eigenvalue weighted by molar-refractivity contribution is 5.81. The maximum absolute atomic E-state index is 12.4. The fourth-order valence-electron chi connectivity index (χ4n) is 2.56. The summed E-state index contributed by atoms with van der Waals surface area (Å²) in [7, 11) is 0. The molecule has 0 spiro atoms. The standard InChI is InChI=1S/C14H16N4O2/c1-10(13(19)17-8-4-5-9-17)18-14(20)11-6-2-3-7-12(11)15-16-18/h2-3,6-7,10H,4-5,8-9H2,1H3. The van der Waals surface area contributed by atoms with Gasteiger partial charge in [0.15, 0.2) is 0 Å². The number of hydrogen-bond acceptors (Lipinski definition) is 4. The van der Waals surface area contributed by atoms with Crippen molar-refractivity contribution in [3.05, 3.63) is 34.6 Å². The lowest BCUT2D eigenvalue weighted by Gasteiger charge is -2.20. The van der Waals surface area contributed by atoms with Crippen molar-refractivity contribution >= 4 is 16.8 Å². The van der Waals surface area contributed by atoms with Crippen molar-refractivity contribution in [2.75, 3.05) is 13.1 Å². The first kappa shape index (κ1) is 12.8. The predicted octanol–water partition coefficient (Wildman–Crippen LogP) is 0.975. The van der Waals surface area contributed by atoms with Crippen LogP contribution in [0.1, 0.15) is 25.8 Å². The number of carbonyl (C=O) groups is 1. The van der Waals surface area contributed by atoms with E-state index in [9.17, 15) is 9.59 Å². The molecule has 6 nitrogen and oxygen atoms in total. The molecule has 104 valence electrons. The van der Waals surface area contributed by atoms with Crippen LogP contribution in [0.15, 0.2) is 29.1 Å². The molecule has 20 heavy (non-hydrogen) atoms. The quantitative estimate of drug-likeness (QED) is 0.817. The Hall–Kier alpha value is -2.24. The predicted molar refractivity (Wildman–Crippen MR) is 74.3 cm³/mol. The molecule has 1 unspecified atom stereocenters. The molecule has 1 saturated heterocycles. The van der Waals surface area contributed by atoms with Crippen LogP contribution in [0.2, 0.25) is 0 Å². The van der Waals surface area contributed by atoms with Crippen LogP contribution in [0.25, 0.3) is 10.9 Å². The van der Waals surface area contributed by atoms with Crippen LogP contribution in [0.3, 0.4) is 0 Å². The summed E-state index contributed by atoms with van der Waals surface area (Å²) in [5, 5.41) is 8.41. The first-order valence-electron chi connectivity index (χ1n) is 6.81. The second-order valence-corrected chi connectivity index (χ2v) is 5.06. The van der Waals surface area contributed by atoms with E-state index in [4.69, 9.17) is 0 Å². The van der Waals surface area contributed by atoms with E-state index >= 15 is 0 Å². The first-order chi connectivity index (χ1) is 9.68. The Kier molecular flexibility index (Phi) is 3.22. The van der Waals surface area contributed by atoms with Crippen molar-refractivity contribution in [1.82, 2.24) is 19.9 Å². The van der Waals surface area contributed by atoms with Crippen LogP contribution in [0.5, 0.6) is 0 Å². The van der Waals surface area contributed by atoms with Crippen molar-refractivity contribution in [3.8, 4) is 0 Å². The summed E-state index contributed by atoms with van der Waals surface area (Å²) >= 11 is 0. The van der Waals surface area contributed by atoms with Crippen LogP contribution in [-0.4, -0.2) is 38.9 Å². The molecule has 0 N–H and O–H groups in total. The largest absolute Gasteiger partial charge is 0.341 e. The molecule has 3 rings (SSSR count). The number of likely N-dealkylation sites (tertiary alicyclic amines) is 1. The highest BCUT2D eigenvalue weighted by atomic mass is 16.2. The van der Waals surface area contributed by atoms with E-state index < -0.39 is 6.04 Å². The molecule has 0 radical (unpaired) electrons. The van der Waals surface area contributed by atoms with Crippen molar-refractivity contribution < 1.29 is 4.79 Å². The minimum atomic E-state index is -0.613. The Morgan fingerprint density at radius 2 is 1.95 bits per heavy atom. The fourth-order valence-corrected chi connectivity index (χ4v) is 2.56. The van der Waals surface area contributed by atoms with E-state index in [0.717, 1.165) is 25.9 Å². The zero-order chi connectivity index (χ0) is 14.1. The van der Waals surface area contributed by atoms with E-state index in [0.29, 0.717) is 10.9 Å². The van der Waals surface area contributed by atoms with Crippen LogP contribution in [0.4, 0.5) is 0 Å². The second kappa shape index (κ2) is 5.03. The lowest BCUT2D eigenvalue weighted by Crippen LogP contribution is -2.39. The van der Waals surface area contributed by atoms with Gasteiger partial charge in [-0.05, 0) is 31.9 Å². The van der Waals surface area contributed by atoms with E-state index in [1.165, 1.54) is 4.68 Å². The molecule has 1 aliphatic rings. The lowest BCUT2D eigenvalue weighted by atomic mass is 10.2. The third-order valence-electron chi connectivity index (χ3n) is 3.73. The second-order valence-electron chi connectivity index (χ2n) is 5.06. The van der Waals surface area contributed by atoms with Gasteiger partial charge in [-0.15, -0.1) is 5.10 Å². The summed E-state index contributed by atoms with van der Waals surface area (Å²) < 4.78 is 1.18. The number of benzene rings is 1.